The zero-order chi connectivity index (χ0) is 12.0. The van der Waals surface area contributed by atoms with Crippen LogP contribution in [0.1, 0.15) is 37.0 Å². The lowest BCUT2D eigenvalue weighted by Crippen LogP contribution is -2.05. The van der Waals surface area contributed by atoms with Gasteiger partial charge in [0.2, 0.25) is 0 Å². The summed E-state index contributed by atoms with van der Waals surface area (Å²) < 4.78 is 2.33. The summed E-state index contributed by atoms with van der Waals surface area (Å²) in [6.07, 6.45) is 9.45. The van der Waals surface area contributed by atoms with Crippen LogP contribution in [0.5, 0.6) is 0 Å². The van der Waals surface area contributed by atoms with Gasteiger partial charge in [0.15, 0.2) is 0 Å². The van der Waals surface area contributed by atoms with Crippen LogP contribution in [0.3, 0.4) is 0 Å². The van der Waals surface area contributed by atoms with Crippen molar-refractivity contribution in [3.63, 3.8) is 0 Å². The molecule has 0 unspecified atom stereocenters. The fourth-order valence-corrected chi connectivity index (χ4v) is 1.94. The molecule has 0 fully saturated rings. The number of aryl methyl sites for hydroxylation is 2. The Morgan fingerprint density at radius 1 is 1.38 bits per heavy atom. The van der Waals surface area contributed by atoms with Crippen molar-refractivity contribution in [3.8, 4) is 0 Å². The molecule has 0 saturated carbocycles. The number of hydrogen-bond acceptors (Lipinski definition) is 1. The molecule has 0 aromatic carbocycles. The van der Waals surface area contributed by atoms with E-state index in [9.17, 15) is 0 Å². The summed E-state index contributed by atoms with van der Waals surface area (Å²) in [5.41, 5.74) is 2.51. The van der Waals surface area contributed by atoms with Gasteiger partial charge in [-0.3, -0.25) is 0 Å². The van der Waals surface area contributed by atoms with Gasteiger partial charge in [0.1, 0.15) is 5.82 Å². The first kappa shape index (κ1) is 12.8. The molecule has 0 spiro atoms. The average Bonchev–Trinajstić information content (AvgIpc) is 2.52. The molecule has 1 aromatic heterocycles. The minimum absolute atomic E-state index is 0.983. The first-order valence-corrected chi connectivity index (χ1v) is 5.95. The summed E-state index contributed by atoms with van der Waals surface area (Å²) in [6.45, 7) is 11.0. The Balaban J connectivity index is 2.82. The van der Waals surface area contributed by atoms with Crippen molar-refractivity contribution >= 4 is 0 Å². The Labute approximate surface area is 98.7 Å². The molecule has 2 nitrogen and oxygen atoms in total. The number of unbranched alkanes of at least 4 members (excludes halogenated alkanes) is 1. The van der Waals surface area contributed by atoms with E-state index in [-0.39, 0.29) is 0 Å². The van der Waals surface area contributed by atoms with Crippen molar-refractivity contribution in [3.05, 3.63) is 42.0 Å². The zero-order valence-corrected chi connectivity index (χ0v) is 10.7. The maximum Gasteiger partial charge on any atom is 0.106 e. The average molecular weight is 218 g/mol. The molecule has 0 aliphatic rings. The van der Waals surface area contributed by atoms with Gasteiger partial charge in [-0.15, -0.1) is 6.58 Å². The largest absolute Gasteiger partial charge is 0.332 e. The number of rotatable bonds is 6. The molecule has 0 atom stereocenters. The molecule has 16 heavy (non-hydrogen) atoms. The predicted molar refractivity (Wildman–Crippen MR) is 69.7 cm³/mol. The van der Waals surface area contributed by atoms with E-state index in [0.29, 0.717) is 0 Å². The van der Waals surface area contributed by atoms with Crippen molar-refractivity contribution < 1.29 is 0 Å². The van der Waals surface area contributed by atoms with E-state index >= 15 is 0 Å². The highest BCUT2D eigenvalue weighted by Crippen LogP contribution is 2.13. The number of nitrogens with zero attached hydrogens (tertiary/aromatic N) is 2. The van der Waals surface area contributed by atoms with Gasteiger partial charge >= 0.3 is 0 Å². The Kier molecular flexibility index (Phi) is 5.03. The van der Waals surface area contributed by atoms with Crippen LogP contribution >= 0.6 is 0 Å². The summed E-state index contributed by atoms with van der Waals surface area (Å²) in [6, 6.07) is 0. The molecule has 0 amide bonds. The van der Waals surface area contributed by atoms with Crippen LogP contribution < -0.4 is 0 Å². The van der Waals surface area contributed by atoms with Crippen LogP contribution in [-0.2, 0) is 13.0 Å². The topological polar surface area (TPSA) is 17.8 Å². The minimum atomic E-state index is 0.983. The lowest BCUT2D eigenvalue weighted by molar-refractivity contribution is 0.613. The molecular weight excluding hydrogens is 196 g/mol. The highest BCUT2D eigenvalue weighted by atomic mass is 15.1. The van der Waals surface area contributed by atoms with Crippen molar-refractivity contribution in [1.29, 1.82) is 0 Å². The second-order valence-corrected chi connectivity index (χ2v) is 4.05. The summed E-state index contributed by atoms with van der Waals surface area (Å²) in [5, 5.41) is 0. The fourth-order valence-electron chi connectivity index (χ4n) is 1.94. The van der Waals surface area contributed by atoms with E-state index < -0.39 is 0 Å². The first-order valence-electron chi connectivity index (χ1n) is 5.95. The highest BCUT2D eigenvalue weighted by molar-refractivity contribution is 5.18. The van der Waals surface area contributed by atoms with Crippen LogP contribution in [0.2, 0.25) is 0 Å². The van der Waals surface area contributed by atoms with Gasteiger partial charge in [0.25, 0.3) is 0 Å². The van der Waals surface area contributed by atoms with E-state index in [1.165, 1.54) is 5.69 Å². The molecule has 1 aromatic rings. The third-order valence-corrected chi connectivity index (χ3v) is 2.80. The van der Waals surface area contributed by atoms with Gasteiger partial charge in [-0.1, -0.05) is 18.2 Å². The lowest BCUT2D eigenvalue weighted by Gasteiger charge is -2.08. The Morgan fingerprint density at radius 2 is 2.12 bits per heavy atom. The van der Waals surface area contributed by atoms with Gasteiger partial charge in [-0.2, -0.15) is 0 Å². The van der Waals surface area contributed by atoms with Gasteiger partial charge in [0, 0.05) is 18.7 Å². The zero-order valence-electron chi connectivity index (χ0n) is 10.7. The van der Waals surface area contributed by atoms with E-state index in [2.05, 4.69) is 49.1 Å². The van der Waals surface area contributed by atoms with Crippen LogP contribution in [0, 0.1) is 13.8 Å². The molecule has 0 aliphatic carbocycles. The number of hydrogen-bond donors (Lipinski definition) is 0. The van der Waals surface area contributed by atoms with Crippen LogP contribution in [0.15, 0.2) is 24.8 Å². The normalized spacial score (nSPS) is 11.2. The minimum Gasteiger partial charge on any atom is -0.332 e. The van der Waals surface area contributed by atoms with E-state index in [0.717, 1.165) is 37.3 Å². The molecule has 88 valence electrons. The summed E-state index contributed by atoms with van der Waals surface area (Å²) in [7, 11) is 0. The second kappa shape index (κ2) is 6.31. The van der Waals surface area contributed by atoms with Crippen molar-refractivity contribution in [2.45, 2.75) is 46.6 Å². The summed E-state index contributed by atoms with van der Waals surface area (Å²) in [4.78, 5) is 4.55. The quantitative estimate of drug-likeness (QED) is 0.527. The van der Waals surface area contributed by atoms with Gasteiger partial charge < -0.3 is 4.57 Å². The van der Waals surface area contributed by atoms with Crippen LogP contribution in [-0.4, -0.2) is 9.55 Å². The third-order valence-electron chi connectivity index (χ3n) is 2.80. The maximum atomic E-state index is 4.55. The number of aromatic nitrogens is 2. The van der Waals surface area contributed by atoms with Gasteiger partial charge in [-0.25, -0.2) is 4.98 Å². The number of allylic oxidation sites excluding steroid dienone is 3. The fraction of sp³-hybridized carbons (Fsp3) is 0.500. The van der Waals surface area contributed by atoms with Crippen LogP contribution in [0.4, 0.5) is 0 Å². The monoisotopic (exact) mass is 218 g/mol. The Morgan fingerprint density at radius 3 is 2.75 bits per heavy atom. The molecule has 1 heterocycles. The molecule has 0 bridgehead atoms. The van der Waals surface area contributed by atoms with E-state index in [1.807, 2.05) is 6.08 Å². The molecule has 1 rings (SSSR count). The second-order valence-electron chi connectivity index (χ2n) is 4.05. The summed E-state index contributed by atoms with van der Waals surface area (Å²) in [5.74, 6) is 1.13. The van der Waals surface area contributed by atoms with Crippen LogP contribution in [0.25, 0.3) is 0 Å². The van der Waals surface area contributed by atoms with E-state index in [1.54, 1.807) is 0 Å². The summed E-state index contributed by atoms with van der Waals surface area (Å²) >= 11 is 0. The van der Waals surface area contributed by atoms with Crippen molar-refractivity contribution in [2.75, 3.05) is 0 Å². The first-order chi connectivity index (χ1) is 7.70. The molecule has 0 radical (unpaired) electrons. The van der Waals surface area contributed by atoms with Crippen molar-refractivity contribution in [1.82, 2.24) is 9.55 Å². The molecule has 0 saturated heterocycles. The molecular formula is C14H22N2. The van der Waals surface area contributed by atoms with E-state index in [4.69, 9.17) is 0 Å². The van der Waals surface area contributed by atoms with Crippen molar-refractivity contribution in [2.24, 2.45) is 0 Å². The van der Waals surface area contributed by atoms with Gasteiger partial charge in [-0.05, 0) is 33.6 Å². The smallest absolute Gasteiger partial charge is 0.106 e. The Bertz CT molecular complexity index is 372. The third kappa shape index (κ3) is 3.09. The molecule has 2 heteroatoms. The number of imidazole rings is 1. The van der Waals surface area contributed by atoms with Gasteiger partial charge in [0.05, 0.1) is 5.69 Å². The highest BCUT2D eigenvalue weighted by Gasteiger charge is 2.09. The predicted octanol–water partition coefficient (Wildman–Crippen LogP) is 3.58. The molecule has 0 N–H and O–H groups in total. The standard InChI is InChI=1S/C14H22N2/c1-5-7-9-11-16-13(4)15-12(3)14(16)10-8-6-2/h5-6,8H,1,7,9-11H2,2-4H3/b8-6-. The maximum absolute atomic E-state index is 4.55. The molecule has 0 aliphatic heterocycles. The Hall–Kier alpha value is -1.31. The SMILES string of the molecule is C=CCCCn1c(C)nc(C)c1C/C=C\C. The lowest BCUT2D eigenvalue weighted by atomic mass is 10.2.